The highest BCUT2D eigenvalue weighted by Crippen LogP contribution is 2.16. The molecule has 2 aromatic rings. The van der Waals surface area contributed by atoms with Gasteiger partial charge in [-0.15, -0.1) is 11.3 Å². The summed E-state index contributed by atoms with van der Waals surface area (Å²) in [6.45, 7) is 0.253. The van der Waals surface area contributed by atoms with Crippen LogP contribution in [0.4, 0.5) is 0 Å². The Labute approximate surface area is 136 Å². The number of benzene rings is 1. The zero-order valence-electron chi connectivity index (χ0n) is 12.6. The second-order valence-corrected chi connectivity index (χ2v) is 6.16. The largest absolute Gasteiger partial charge is 0.327 e. The summed E-state index contributed by atoms with van der Waals surface area (Å²) in [5.41, 5.74) is 1.29. The number of imide groups is 1. The summed E-state index contributed by atoms with van der Waals surface area (Å²) in [4.78, 5) is 41.3. The summed E-state index contributed by atoms with van der Waals surface area (Å²) >= 11 is 1.39. The Balaban J connectivity index is 1.75. The van der Waals surface area contributed by atoms with Crippen LogP contribution in [0.5, 0.6) is 0 Å². The number of nitrogens with zero attached hydrogens (tertiary/aromatic N) is 3. The quantitative estimate of drug-likeness (QED) is 0.801. The van der Waals surface area contributed by atoms with Crippen molar-refractivity contribution >= 4 is 29.1 Å². The summed E-state index contributed by atoms with van der Waals surface area (Å²) in [7, 11) is 1.83. The molecular formula is C16H15N3O3S. The van der Waals surface area contributed by atoms with Crippen molar-refractivity contribution < 1.29 is 14.4 Å². The molecule has 1 aliphatic rings. The molecule has 118 valence electrons. The molecular weight excluding hydrogens is 314 g/mol. The lowest BCUT2D eigenvalue weighted by Gasteiger charge is -2.13. The molecule has 1 aliphatic heterocycles. The Bertz CT molecular complexity index is 817. The minimum atomic E-state index is -0.317. The number of hydrogen-bond acceptors (Lipinski definition) is 4. The van der Waals surface area contributed by atoms with E-state index in [1.165, 1.54) is 16.2 Å². The predicted molar refractivity (Wildman–Crippen MR) is 84.4 cm³/mol. The van der Waals surface area contributed by atoms with Gasteiger partial charge in [0.2, 0.25) is 11.8 Å². The maximum absolute atomic E-state index is 12.1. The molecule has 0 N–H and O–H groups in total. The van der Waals surface area contributed by atoms with Crippen LogP contribution in [0.2, 0.25) is 0 Å². The van der Waals surface area contributed by atoms with E-state index in [9.17, 15) is 14.4 Å². The molecule has 1 aromatic carbocycles. The van der Waals surface area contributed by atoms with Crippen LogP contribution >= 0.6 is 11.3 Å². The van der Waals surface area contributed by atoms with Gasteiger partial charge in [-0.25, -0.2) is 0 Å². The first-order valence-corrected chi connectivity index (χ1v) is 8.04. The predicted octanol–water partition coefficient (Wildman–Crippen LogP) is 1.48. The molecule has 0 unspecified atom stereocenters. The lowest BCUT2D eigenvalue weighted by Crippen LogP contribution is -2.28. The van der Waals surface area contributed by atoms with E-state index in [4.69, 9.17) is 0 Å². The lowest BCUT2D eigenvalue weighted by atomic mass is 10.1. The second kappa shape index (κ2) is 6.29. The number of carbonyl (C=O) groups is 3. The van der Waals surface area contributed by atoms with Crippen LogP contribution in [0.25, 0.3) is 0 Å². The summed E-state index contributed by atoms with van der Waals surface area (Å²) in [6, 6.07) is 6.83. The van der Waals surface area contributed by atoms with E-state index >= 15 is 0 Å². The van der Waals surface area contributed by atoms with E-state index in [0.29, 0.717) is 10.4 Å². The van der Waals surface area contributed by atoms with Gasteiger partial charge < -0.3 is 4.57 Å². The lowest BCUT2D eigenvalue weighted by molar-refractivity contribution is -0.139. The third-order valence-corrected chi connectivity index (χ3v) is 4.50. The first-order valence-electron chi connectivity index (χ1n) is 7.16. The van der Waals surface area contributed by atoms with Crippen molar-refractivity contribution in [2.75, 3.05) is 0 Å². The van der Waals surface area contributed by atoms with E-state index in [1.807, 2.05) is 18.6 Å². The van der Waals surface area contributed by atoms with Crippen molar-refractivity contribution in [1.82, 2.24) is 9.47 Å². The Kier molecular flexibility index (Phi) is 4.20. The van der Waals surface area contributed by atoms with Gasteiger partial charge in [0.25, 0.3) is 5.91 Å². The summed E-state index contributed by atoms with van der Waals surface area (Å²) in [5.74, 6) is -0.603. The zero-order chi connectivity index (χ0) is 16.4. The van der Waals surface area contributed by atoms with Gasteiger partial charge in [0.05, 0.1) is 6.54 Å². The van der Waals surface area contributed by atoms with Crippen molar-refractivity contribution in [3.63, 3.8) is 0 Å². The first kappa shape index (κ1) is 15.4. The highest BCUT2D eigenvalue weighted by molar-refractivity contribution is 7.07. The number of thiazole rings is 1. The van der Waals surface area contributed by atoms with Crippen molar-refractivity contribution in [3.05, 3.63) is 51.8 Å². The first-order chi connectivity index (χ1) is 11.0. The third kappa shape index (κ3) is 3.29. The summed E-state index contributed by atoms with van der Waals surface area (Å²) in [6.07, 6.45) is 2.40. The molecule has 0 saturated carbocycles. The van der Waals surface area contributed by atoms with Gasteiger partial charge in [0.1, 0.15) is 0 Å². The topological polar surface area (TPSA) is 71.7 Å². The maximum atomic E-state index is 12.1. The van der Waals surface area contributed by atoms with Gasteiger partial charge >= 0.3 is 0 Å². The molecule has 0 aliphatic carbocycles. The molecule has 1 aromatic heterocycles. The molecule has 6 nitrogen and oxygen atoms in total. The van der Waals surface area contributed by atoms with Crippen LogP contribution in [0.15, 0.2) is 40.8 Å². The van der Waals surface area contributed by atoms with Gasteiger partial charge in [0.15, 0.2) is 4.80 Å². The van der Waals surface area contributed by atoms with E-state index in [0.717, 1.165) is 5.56 Å². The SMILES string of the molecule is Cn1ccsc1=NC(=O)c1ccc(CN2C(=O)CCC2=O)cc1. The van der Waals surface area contributed by atoms with Gasteiger partial charge in [-0.3, -0.25) is 19.3 Å². The minimum Gasteiger partial charge on any atom is -0.327 e. The average Bonchev–Trinajstić information content (AvgIpc) is 3.08. The fourth-order valence-electron chi connectivity index (χ4n) is 2.32. The number of rotatable bonds is 3. The van der Waals surface area contributed by atoms with Gasteiger partial charge in [-0.05, 0) is 17.7 Å². The summed E-state index contributed by atoms with van der Waals surface area (Å²) < 4.78 is 1.78. The fraction of sp³-hybridized carbons (Fsp3) is 0.250. The van der Waals surface area contributed by atoms with Crippen molar-refractivity contribution in [2.45, 2.75) is 19.4 Å². The number of amides is 3. The molecule has 2 heterocycles. The van der Waals surface area contributed by atoms with Crippen LogP contribution in [-0.4, -0.2) is 27.2 Å². The molecule has 0 atom stereocenters. The van der Waals surface area contributed by atoms with Crippen LogP contribution in [-0.2, 0) is 23.2 Å². The Morgan fingerprint density at radius 2 is 1.83 bits per heavy atom. The molecule has 0 bridgehead atoms. The highest BCUT2D eigenvalue weighted by Gasteiger charge is 2.28. The molecule has 1 saturated heterocycles. The normalized spacial score (nSPS) is 15.5. The second-order valence-electron chi connectivity index (χ2n) is 5.28. The van der Waals surface area contributed by atoms with Crippen molar-refractivity contribution in [3.8, 4) is 0 Å². The molecule has 0 spiro atoms. The molecule has 3 amide bonds. The number of hydrogen-bond donors (Lipinski definition) is 0. The van der Waals surface area contributed by atoms with Gasteiger partial charge in [-0.1, -0.05) is 12.1 Å². The Morgan fingerprint density at radius 1 is 1.17 bits per heavy atom. The monoisotopic (exact) mass is 329 g/mol. The van der Waals surface area contributed by atoms with Gasteiger partial charge in [0, 0.05) is 37.0 Å². The summed E-state index contributed by atoms with van der Waals surface area (Å²) in [5, 5.41) is 1.86. The van der Waals surface area contributed by atoms with E-state index in [1.54, 1.807) is 28.8 Å². The number of likely N-dealkylation sites (tertiary alicyclic amines) is 1. The number of aryl methyl sites for hydroxylation is 1. The smallest absolute Gasteiger partial charge is 0.279 e. The zero-order valence-corrected chi connectivity index (χ0v) is 13.4. The molecule has 0 radical (unpaired) electrons. The van der Waals surface area contributed by atoms with Crippen molar-refractivity contribution in [1.29, 1.82) is 0 Å². The Hall–Kier alpha value is -2.54. The third-order valence-electron chi connectivity index (χ3n) is 3.65. The average molecular weight is 329 g/mol. The molecule has 3 rings (SSSR count). The van der Waals surface area contributed by atoms with Gasteiger partial charge in [-0.2, -0.15) is 4.99 Å². The van der Waals surface area contributed by atoms with Crippen LogP contribution < -0.4 is 4.80 Å². The standard InChI is InChI=1S/C16H15N3O3S/c1-18-8-9-23-16(18)17-15(22)12-4-2-11(3-5-12)10-19-13(20)6-7-14(19)21/h2-5,8-9H,6-7,10H2,1H3. The number of carbonyl (C=O) groups excluding carboxylic acids is 3. The highest BCUT2D eigenvalue weighted by atomic mass is 32.1. The fourth-order valence-corrected chi connectivity index (χ4v) is 3.05. The number of aromatic nitrogens is 1. The van der Waals surface area contributed by atoms with Crippen molar-refractivity contribution in [2.24, 2.45) is 12.0 Å². The Morgan fingerprint density at radius 3 is 2.39 bits per heavy atom. The molecule has 7 heteroatoms. The molecule has 1 fully saturated rings. The van der Waals surface area contributed by atoms with E-state index < -0.39 is 0 Å². The van der Waals surface area contributed by atoms with Crippen LogP contribution in [0.3, 0.4) is 0 Å². The van der Waals surface area contributed by atoms with Crippen LogP contribution in [0, 0.1) is 0 Å². The minimum absolute atomic E-state index is 0.143. The van der Waals surface area contributed by atoms with E-state index in [-0.39, 0.29) is 37.1 Å². The maximum Gasteiger partial charge on any atom is 0.279 e. The molecule has 23 heavy (non-hydrogen) atoms. The van der Waals surface area contributed by atoms with Crippen LogP contribution in [0.1, 0.15) is 28.8 Å². The van der Waals surface area contributed by atoms with E-state index in [2.05, 4.69) is 4.99 Å².